The molecule has 2 rings (SSSR count). The standard InChI is InChI=1S/C16H18O/c1-4-12-7-6-8-14-10-15(11(3)17)9-13(5-2)16(12)14/h6-10H,4-5H2,1-3H3. The summed E-state index contributed by atoms with van der Waals surface area (Å²) >= 11 is 0. The quantitative estimate of drug-likeness (QED) is 0.718. The van der Waals surface area contributed by atoms with Gasteiger partial charge in [-0.15, -0.1) is 0 Å². The molecule has 0 aromatic heterocycles. The van der Waals surface area contributed by atoms with Gasteiger partial charge in [0.1, 0.15) is 0 Å². The Labute approximate surface area is 102 Å². The van der Waals surface area contributed by atoms with Crippen molar-refractivity contribution in [3.63, 3.8) is 0 Å². The number of hydrogen-bond donors (Lipinski definition) is 0. The van der Waals surface area contributed by atoms with Gasteiger partial charge in [-0.3, -0.25) is 4.79 Å². The van der Waals surface area contributed by atoms with Gasteiger partial charge in [-0.25, -0.2) is 0 Å². The maximum atomic E-state index is 11.5. The fraction of sp³-hybridized carbons (Fsp3) is 0.312. The van der Waals surface area contributed by atoms with Crippen molar-refractivity contribution in [3.8, 4) is 0 Å². The largest absolute Gasteiger partial charge is 0.295 e. The molecule has 0 bridgehead atoms. The van der Waals surface area contributed by atoms with Crippen LogP contribution in [0.25, 0.3) is 10.8 Å². The van der Waals surface area contributed by atoms with Crippen LogP contribution >= 0.6 is 0 Å². The Bertz CT molecular complexity index is 567. The Balaban J connectivity index is 2.81. The molecule has 0 aliphatic heterocycles. The van der Waals surface area contributed by atoms with Crippen LogP contribution in [0.1, 0.15) is 42.3 Å². The lowest BCUT2D eigenvalue weighted by Gasteiger charge is -2.11. The van der Waals surface area contributed by atoms with E-state index in [9.17, 15) is 4.79 Å². The van der Waals surface area contributed by atoms with Crippen LogP contribution in [-0.2, 0) is 12.8 Å². The van der Waals surface area contributed by atoms with Crippen LogP contribution in [0.4, 0.5) is 0 Å². The van der Waals surface area contributed by atoms with E-state index in [0.717, 1.165) is 18.4 Å². The lowest BCUT2D eigenvalue weighted by atomic mass is 9.93. The van der Waals surface area contributed by atoms with E-state index < -0.39 is 0 Å². The molecule has 0 unspecified atom stereocenters. The van der Waals surface area contributed by atoms with Crippen LogP contribution in [-0.4, -0.2) is 5.78 Å². The van der Waals surface area contributed by atoms with E-state index in [1.807, 2.05) is 12.1 Å². The molecule has 0 spiro atoms. The van der Waals surface area contributed by atoms with Gasteiger partial charge in [0.25, 0.3) is 0 Å². The van der Waals surface area contributed by atoms with Gasteiger partial charge in [0.2, 0.25) is 0 Å². The van der Waals surface area contributed by atoms with Crippen molar-refractivity contribution in [2.45, 2.75) is 33.6 Å². The van der Waals surface area contributed by atoms with Crippen molar-refractivity contribution >= 4 is 16.6 Å². The lowest BCUT2D eigenvalue weighted by molar-refractivity contribution is 0.101. The number of hydrogen-bond acceptors (Lipinski definition) is 1. The summed E-state index contributed by atoms with van der Waals surface area (Å²) in [7, 11) is 0. The minimum Gasteiger partial charge on any atom is -0.295 e. The smallest absolute Gasteiger partial charge is 0.159 e. The molecule has 0 saturated carbocycles. The summed E-state index contributed by atoms with van der Waals surface area (Å²) in [5, 5.41) is 2.52. The number of Topliss-reactive ketones (excluding diaryl/α,β-unsaturated/α-hetero) is 1. The summed E-state index contributed by atoms with van der Waals surface area (Å²) in [4.78, 5) is 11.5. The Kier molecular flexibility index (Phi) is 3.28. The number of ketones is 1. The molecule has 0 N–H and O–H groups in total. The number of rotatable bonds is 3. The second-order valence-electron chi connectivity index (χ2n) is 4.41. The molecule has 0 amide bonds. The van der Waals surface area contributed by atoms with Crippen LogP contribution in [0, 0.1) is 0 Å². The van der Waals surface area contributed by atoms with Crippen LogP contribution in [0.5, 0.6) is 0 Å². The molecular weight excluding hydrogens is 208 g/mol. The molecular formula is C16H18O. The highest BCUT2D eigenvalue weighted by atomic mass is 16.1. The van der Waals surface area contributed by atoms with Crippen LogP contribution in [0.3, 0.4) is 0 Å². The average Bonchev–Trinajstić information content (AvgIpc) is 2.36. The number of fused-ring (bicyclic) bond motifs is 1. The van der Waals surface area contributed by atoms with Crippen molar-refractivity contribution in [1.82, 2.24) is 0 Å². The molecule has 0 aliphatic carbocycles. The summed E-state index contributed by atoms with van der Waals surface area (Å²) in [6, 6.07) is 10.4. The third kappa shape index (κ3) is 2.10. The second kappa shape index (κ2) is 4.70. The summed E-state index contributed by atoms with van der Waals surface area (Å²) in [5.74, 6) is 0.142. The molecule has 0 aliphatic rings. The van der Waals surface area contributed by atoms with E-state index in [2.05, 4.69) is 32.0 Å². The highest BCUT2D eigenvalue weighted by Crippen LogP contribution is 2.26. The second-order valence-corrected chi connectivity index (χ2v) is 4.41. The molecule has 88 valence electrons. The first-order valence-corrected chi connectivity index (χ1v) is 6.22. The lowest BCUT2D eigenvalue weighted by Crippen LogP contribution is -1.97. The zero-order valence-corrected chi connectivity index (χ0v) is 10.7. The van der Waals surface area contributed by atoms with Gasteiger partial charge in [0.05, 0.1) is 0 Å². The van der Waals surface area contributed by atoms with Crippen LogP contribution in [0.2, 0.25) is 0 Å². The fourth-order valence-corrected chi connectivity index (χ4v) is 2.38. The molecule has 0 saturated heterocycles. The van der Waals surface area contributed by atoms with E-state index in [4.69, 9.17) is 0 Å². The highest BCUT2D eigenvalue weighted by molar-refractivity contribution is 6.00. The Hall–Kier alpha value is -1.63. The summed E-state index contributed by atoms with van der Waals surface area (Å²) in [5.41, 5.74) is 3.47. The Morgan fingerprint density at radius 2 is 1.76 bits per heavy atom. The molecule has 0 heterocycles. The first-order chi connectivity index (χ1) is 8.17. The van der Waals surface area contributed by atoms with Gasteiger partial charge in [-0.05, 0) is 53.8 Å². The predicted molar refractivity (Wildman–Crippen MR) is 72.7 cm³/mol. The summed E-state index contributed by atoms with van der Waals surface area (Å²) < 4.78 is 0. The predicted octanol–water partition coefficient (Wildman–Crippen LogP) is 4.17. The third-order valence-electron chi connectivity index (χ3n) is 3.31. The van der Waals surface area contributed by atoms with Crippen molar-refractivity contribution in [2.75, 3.05) is 0 Å². The van der Waals surface area contributed by atoms with Gasteiger partial charge in [-0.1, -0.05) is 32.0 Å². The van der Waals surface area contributed by atoms with Gasteiger partial charge in [0, 0.05) is 5.56 Å². The fourth-order valence-electron chi connectivity index (χ4n) is 2.38. The summed E-state index contributed by atoms with van der Waals surface area (Å²) in [6.07, 6.45) is 2.00. The average molecular weight is 226 g/mol. The molecule has 1 heteroatoms. The molecule has 0 fully saturated rings. The van der Waals surface area contributed by atoms with E-state index in [-0.39, 0.29) is 5.78 Å². The van der Waals surface area contributed by atoms with Crippen LogP contribution < -0.4 is 0 Å². The first-order valence-electron chi connectivity index (χ1n) is 6.22. The van der Waals surface area contributed by atoms with Crippen molar-refractivity contribution < 1.29 is 4.79 Å². The number of benzene rings is 2. The van der Waals surface area contributed by atoms with E-state index in [1.165, 1.54) is 21.9 Å². The molecule has 0 radical (unpaired) electrons. The SMILES string of the molecule is CCc1cccc2cc(C(C)=O)cc(CC)c12. The zero-order valence-electron chi connectivity index (χ0n) is 10.7. The molecule has 2 aromatic carbocycles. The molecule has 2 aromatic rings. The minimum atomic E-state index is 0.142. The maximum absolute atomic E-state index is 11.5. The van der Waals surface area contributed by atoms with Crippen LogP contribution in [0.15, 0.2) is 30.3 Å². The van der Waals surface area contributed by atoms with Crippen molar-refractivity contribution in [3.05, 3.63) is 47.0 Å². The van der Waals surface area contributed by atoms with Gasteiger partial charge in [0.15, 0.2) is 5.78 Å². The highest BCUT2D eigenvalue weighted by Gasteiger charge is 2.08. The van der Waals surface area contributed by atoms with E-state index in [0.29, 0.717) is 0 Å². The first kappa shape index (κ1) is 11.8. The monoisotopic (exact) mass is 226 g/mol. The topological polar surface area (TPSA) is 17.1 Å². The molecule has 17 heavy (non-hydrogen) atoms. The Morgan fingerprint density at radius 3 is 2.35 bits per heavy atom. The van der Waals surface area contributed by atoms with Crippen molar-refractivity contribution in [1.29, 1.82) is 0 Å². The molecule has 1 nitrogen and oxygen atoms in total. The van der Waals surface area contributed by atoms with Gasteiger partial charge >= 0.3 is 0 Å². The minimum absolute atomic E-state index is 0.142. The maximum Gasteiger partial charge on any atom is 0.159 e. The number of carbonyl (C=O) groups is 1. The third-order valence-corrected chi connectivity index (χ3v) is 3.31. The van der Waals surface area contributed by atoms with Gasteiger partial charge < -0.3 is 0 Å². The summed E-state index contributed by atoms with van der Waals surface area (Å²) in [6.45, 7) is 5.95. The zero-order chi connectivity index (χ0) is 12.4. The van der Waals surface area contributed by atoms with E-state index in [1.54, 1.807) is 6.92 Å². The molecule has 0 atom stereocenters. The van der Waals surface area contributed by atoms with E-state index >= 15 is 0 Å². The number of carbonyl (C=O) groups excluding carboxylic acids is 1. The normalized spacial score (nSPS) is 10.8. The number of aryl methyl sites for hydroxylation is 2. The van der Waals surface area contributed by atoms with Gasteiger partial charge in [-0.2, -0.15) is 0 Å². The van der Waals surface area contributed by atoms with Crippen molar-refractivity contribution in [2.24, 2.45) is 0 Å². The Morgan fingerprint density at radius 1 is 1.06 bits per heavy atom.